The summed E-state index contributed by atoms with van der Waals surface area (Å²) in [6.45, 7) is -0.312. The van der Waals surface area contributed by atoms with E-state index in [-0.39, 0.29) is 12.3 Å². The number of esters is 1. The van der Waals surface area contributed by atoms with Gasteiger partial charge in [0.15, 0.2) is 6.61 Å². The summed E-state index contributed by atoms with van der Waals surface area (Å²) in [6.07, 6.45) is 0. The Morgan fingerprint density at radius 2 is 1.92 bits per heavy atom. The molecule has 0 atom stereocenters. The number of hydrogen-bond donors (Lipinski definition) is 1. The summed E-state index contributed by atoms with van der Waals surface area (Å²) in [5.74, 6) is -0.674. The normalized spacial score (nSPS) is 9.88. The molecule has 8 heteroatoms. The van der Waals surface area contributed by atoms with Crippen molar-refractivity contribution in [3.63, 3.8) is 0 Å². The van der Waals surface area contributed by atoms with Crippen LogP contribution >= 0.6 is 0 Å². The number of nitrogens with zero attached hydrogens (tertiary/aromatic N) is 1. The van der Waals surface area contributed by atoms with Crippen LogP contribution in [0.5, 0.6) is 5.75 Å². The predicted molar refractivity (Wildman–Crippen MR) is 85.0 cm³/mol. The molecule has 2 rings (SSSR count). The van der Waals surface area contributed by atoms with E-state index in [9.17, 15) is 19.7 Å². The van der Waals surface area contributed by atoms with Gasteiger partial charge in [-0.2, -0.15) is 0 Å². The average Bonchev–Trinajstić information content (AvgIpc) is 2.59. The Hall–Kier alpha value is -3.42. The zero-order valence-corrected chi connectivity index (χ0v) is 12.7. The third kappa shape index (κ3) is 4.54. The van der Waals surface area contributed by atoms with E-state index in [2.05, 4.69) is 10.1 Å². The molecule has 24 heavy (non-hydrogen) atoms. The number of carbonyl (C=O) groups is 2. The van der Waals surface area contributed by atoms with E-state index in [1.165, 1.54) is 37.4 Å². The second-order valence-corrected chi connectivity index (χ2v) is 4.66. The average molecular weight is 330 g/mol. The largest absolute Gasteiger partial charge is 0.484 e. The number of nitro benzene ring substituents is 1. The lowest BCUT2D eigenvalue weighted by Crippen LogP contribution is -2.20. The number of hydrogen-bond acceptors (Lipinski definition) is 6. The molecule has 0 saturated carbocycles. The maximum atomic E-state index is 11.8. The van der Waals surface area contributed by atoms with Crippen LogP contribution in [0.25, 0.3) is 0 Å². The zero-order valence-electron chi connectivity index (χ0n) is 12.7. The number of methoxy groups -OCH3 is 1. The van der Waals surface area contributed by atoms with Gasteiger partial charge in [0.25, 0.3) is 11.6 Å². The van der Waals surface area contributed by atoms with E-state index < -0.39 is 16.8 Å². The highest BCUT2D eigenvalue weighted by Crippen LogP contribution is 2.17. The third-order valence-corrected chi connectivity index (χ3v) is 2.97. The molecule has 0 unspecified atom stereocenters. The van der Waals surface area contributed by atoms with Crippen LogP contribution in [0.1, 0.15) is 10.4 Å². The first kappa shape index (κ1) is 16.9. The lowest BCUT2D eigenvalue weighted by Gasteiger charge is -2.08. The number of nitrogens with one attached hydrogen (secondary N) is 1. The Bertz CT molecular complexity index is 775. The Labute approximate surface area is 137 Å². The van der Waals surface area contributed by atoms with Gasteiger partial charge in [0.05, 0.1) is 17.6 Å². The summed E-state index contributed by atoms with van der Waals surface area (Å²) in [4.78, 5) is 33.4. The van der Waals surface area contributed by atoms with Gasteiger partial charge in [-0.05, 0) is 24.3 Å². The molecule has 0 spiro atoms. The van der Waals surface area contributed by atoms with Crippen LogP contribution in [0.3, 0.4) is 0 Å². The smallest absolute Gasteiger partial charge is 0.337 e. The van der Waals surface area contributed by atoms with Crippen molar-refractivity contribution in [1.82, 2.24) is 0 Å². The standard InChI is InChI=1S/C16H14N2O6/c1-23-16(20)11-4-2-7-14(8-11)24-10-15(19)17-12-5-3-6-13(9-12)18(21)22/h2-9H,10H2,1H3,(H,17,19). The van der Waals surface area contributed by atoms with E-state index in [1.54, 1.807) is 18.2 Å². The van der Waals surface area contributed by atoms with E-state index >= 15 is 0 Å². The maximum Gasteiger partial charge on any atom is 0.337 e. The van der Waals surface area contributed by atoms with Gasteiger partial charge in [-0.3, -0.25) is 14.9 Å². The molecule has 1 amide bonds. The highest BCUT2D eigenvalue weighted by atomic mass is 16.6. The quantitative estimate of drug-likeness (QED) is 0.495. The summed E-state index contributed by atoms with van der Waals surface area (Å²) in [5.41, 5.74) is 0.467. The fourth-order valence-electron chi connectivity index (χ4n) is 1.87. The summed E-state index contributed by atoms with van der Waals surface area (Å²) in [5, 5.41) is 13.2. The number of rotatable bonds is 6. The van der Waals surface area contributed by atoms with Crippen molar-refractivity contribution in [2.45, 2.75) is 0 Å². The van der Waals surface area contributed by atoms with E-state index in [0.717, 1.165) is 0 Å². The molecule has 0 radical (unpaired) electrons. The fourth-order valence-corrected chi connectivity index (χ4v) is 1.87. The van der Waals surface area contributed by atoms with Crippen molar-refractivity contribution in [2.75, 3.05) is 19.0 Å². The molecule has 124 valence electrons. The molecule has 0 aliphatic rings. The number of carbonyl (C=O) groups excluding carboxylic acids is 2. The first-order valence-corrected chi connectivity index (χ1v) is 6.85. The summed E-state index contributed by atoms with van der Waals surface area (Å²) in [6, 6.07) is 11.8. The summed E-state index contributed by atoms with van der Waals surface area (Å²) < 4.78 is 9.90. The molecule has 0 aliphatic carbocycles. The minimum Gasteiger partial charge on any atom is -0.484 e. The number of amides is 1. The number of benzene rings is 2. The number of ether oxygens (including phenoxy) is 2. The third-order valence-electron chi connectivity index (χ3n) is 2.97. The Kier molecular flexibility index (Phi) is 5.45. The Morgan fingerprint density at radius 1 is 1.17 bits per heavy atom. The van der Waals surface area contributed by atoms with Gasteiger partial charge in [-0.15, -0.1) is 0 Å². The van der Waals surface area contributed by atoms with Crippen LogP contribution in [0, 0.1) is 10.1 Å². The maximum absolute atomic E-state index is 11.8. The molecule has 0 aliphatic heterocycles. The van der Waals surface area contributed by atoms with Crippen LogP contribution in [0.15, 0.2) is 48.5 Å². The van der Waals surface area contributed by atoms with E-state index in [1.807, 2.05) is 0 Å². The lowest BCUT2D eigenvalue weighted by molar-refractivity contribution is -0.384. The number of nitro groups is 1. The summed E-state index contributed by atoms with van der Waals surface area (Å²) >= 11 is 0. The SMILES string of the molecule is COC(=O)c1cccc(OCC(=O)Nc2cccc([N+](=O)[O-])c2)c1. The molecule has 0 aromatic heterocycles. The van der Waals surface area contributed by atoms with Crippen molar-refractivity contribution in [1.29, 1.82) is 0 Å². The molecule has 0 fully saturated rings. The molecule has 0 bridgehead atoms. The van der Waals surface area contributed by atoms with Crippen LogP contribution in [0.2, 0.25) is 0 Å². The fraction of sp³-hybridized carbons (Fsp3) is 0.125. The van der Waals surface area contributed by atoms with Crippen molar-refractivity contribution in [2.24, 2.45) is 0 Å². The van der Waals surface area contributed by atoms with Crippen molar-refractivity contribution in [3.05, 3.63) is 64.2 Å². The second kappa shape index (κ2) is 7.73. The van der Waals surface area contributed by atoms with E-state index in [0.29, 0.717) is 17.0 Å². The predicted octanol–water partition coefficient (Wildman–Crippen LogP) is 2.40. The van der Waals surface area contributed by atoms with Gasteiger partial charge in [0, 0.05) is 17.8 Å². The highest BCUT2D eigenvalue weighted by Gasteiger charge is 2.10. The van der Waals surface area contributed by atoms with Crippen molar-refractivity contribution in [3.8, 4) is 5.75 Å². The first-order chi connectivity index (χ1) is 11.5. The highest BCUT2D eigenvalue weighted by molar-refractivity contribution is 5.92. The van der Waals surface area contributed by atoms with E-state index in [4.69, 9.17) is 4.74 Å². The van der Waals surface area contributed by atoms with Gasteiger partial charge < -0.3 is 14.8 Å². The number of non-ortho nitro benzene ring substituents is 1. The van der Waals surface area contributed by atoms with Crippen molar-refractivity contribution < 1.29 is 24.0 Å². The molecule has 0 heterocycles. The lowest BCUT2D eigenvalue weighted by atomic mass is 10.2. The number of anilines is 1. The van der Waals surface area contributed by atoms with Gasteiger partial charge in [-0.1, -0.05) is 12.1 Å². The molecular weight excluding hydrogens is 316 g/mol. The minimum atomic E-state index is -0.551. The van der Waals surface area contributed by atoms with Gasteiger partial charge in [-0.25, -0.2) is 4.79 Å². The Morgan fingerprint density at radius 3 is 2.62 bits per heavy atom. The molecule has 2 aromatic carbocycles. The van der Waals surface area contributed by atoms with Gasteiger partial charge in [0.2, 0.25) is 0 Å². The molecule has 8 nitrogen and oxygen atoms in total. The summed E-state index contributed by atoms with van der Waals surface area (Å²) in [7, 11) is 1.27. The Balaban J connectivity index is 1.95. The molecule has 0 saturated heterocycles. The molecule has 1 N–H and O–H groups in total. The van der Waals surface area contributed by atoms with Crippen LogP contribution in [0.4, 0.5) is 11.4 Å². The zero-order chi connectivity index (χ0) is 17.5. The van der Waals surface area contributed by atoms with Gasteiger partial charge >= 0.3 is 5.97 Å². The van der Waals surface area contributed by atoms with Crippen LogP contribution in [-0.4, -0.2) is 30.5 Å². The molecular formula is C16H14N2O6. The topological polar surface area (TPSA) is 108 Å². The van der Waals surface area contributed by atoms with Crippen molar-refractivity contribution >= 4 is 23.3 Å². The minimum absolute atomic E-state index is 0.125. The second-order valence-electron chi connectivity index (χ2n) is 4.66. The van der Waals surface area contributed by atoms with Crippen LogP contribution in [-0.2, 0) is 9.53 Å². The van der Waals surface area contributed by atoms with Gasteiger partial charge in [0.1, 0.15) is 5.75 Å². The van der Waals surface area contributed by atoms with Crippen LogP contribution < -0.4 is 10.1 Å². The first-order valence-electron chi connectivity index (χ1n) is 6.85. The molecule has 2 aromatic rings. The monoisotopic (exact) mass is 330 g/mol.